The number of nitrogens with zero attached hydrogens (tertiary/aromatic N) is 2. The Labute approximate surface area is 142 Å². The van der Waals surface area contributed by atoms with E-state index in [0.717, 1.165) is 21.2 Å². The lowest BCUT2D eigenvalue weighted by Crippen LogP contribution is -2.04. The smallest absolute Gasteiger partial charge is 0.161 e. The Hall–Kier alpha value is -1.08. The van der Waals surface area contributed by atoms with E-state index in [-0.39, 0.29) is 5.75 Å². The average Bonchev–Trinajstić information content (AvgIpc) is 2.43. The van der Waals surface area contributed by atoms with Crippen LogP contribution in [0, 0.1) is 9.49 Å². The lowest BCUT2D eigenvalue weighted by atomic mass is 10.1. The number of halogens is 2. The third-order valence-electron chi connectivity index (χ3n) is 2.92. The molecule has 0 aliphatic heterocycles. The summed E-state index contributed by atoms with van der Waals surface area (Å²) in [5, 5.41) is 10.1. The highest BCUT2D eigenvalue weighted by molar-refractivity contribution is 14.1. The van der Waals surface area contributed by atoms with Crippen LogP contribution in [0.3, 0.4) is 0 Å². The highest BCUT2D eigenvalue weighted by Gasteiger charge is 2.14. The molecule has 2 rings (SSSR count). The molecule has 0 aliphatic rings. The lowest BCUT2D eigenvalue weighted by molar-refractivity contribution is 0.373. The van der Waals surface area contributed by atoms with Crippen LogP contribution in [0.25, 0.3) is 11.4 Å². The number of hydrogen-bond acceptors (Lipinski definition) is 4. The van der Waals surface area contributed by atoms with Gasteiger partial charge in [0.2, 0.25) is 0 Å². The number of benzene rings is 1. The maximum atomic E-state index is 9.66. The first-order valence-electron chi connectivity index (χ1n) is 6.51. The number of aromatic nitrogens is 2. The molecule has 1 heterocycles. The van der Waals surface area contributed by atoms with Crippen LogP contribution in [0.1, 0.15) is 19.5 Å². The molecule has 0 spiro atoms. The monoisotopic (exact) mass is 418 g/mol. The topological polar surface area (TPSA) is 55.2 Å². The molecule has 112 valence electrons. The van der Waals surface area contributed by atoms with E-state index in [0.29, 0.717) is 22.6 Å². The summed E-state index contributed by atoms with van der Waals surface area (Å²) in [6.45, 7) is 4.27. The second-order valence-electron chi connectivity index (χ2n) is 5.08. The Balaban J connectivity index is 2.51. The van der Waals surface area contributed by atoms with Crippen LogP contribution >= 0.6 is 34.2 Å². The second kappa shape index (κ2) is 6.79. The van der Waals surface area contributed by atoms with E-state index >= 15 is 0 Å². The zero-order valence-corrected chi connectivity index (χ0v) is 14.9. The third-order valence-corrected chi connectivity index (χ3v) is 4.64. The van der Waals surface area contributed by atoms with Crippen molar-refractivity contribution in [3.63, 3.8) is 0 Å². The van der Waals surface area contributed by atoms with E-state index in [1.54, 1.807) is 18.2 Å². The first-order chi connectivity index (χ1) is 9.92. The van der Waals surface area contributed by atoms with Gasteiger partial charge < -0.3 is 9.84 Å². The normalized spacial score (nSPS) is 11.0. The number of phenols is 1. The number of methoxy groups -OCH3 is 1. The quantitative estimate of drug-likeness (QED) is 0.594. The van der Waals surface area contributed by atoms with Crippen molar-refractivity contribution in [2.75, 3.05) is 7.11 Å². The number of aromatic hydroxyl groups is 1. The van der Waals surface area contributed by atoms with E-state index in [9.17, 15) is 5.11 Å². The van der Waals surface area contributed by atoms with E-state index in [4.69, 9.17) is 16.3 Å². The zero-order chi connectivity index (χ0) is 15.6. The van der Waals surface area contributed by atoms with E-state index < -0.39 is 0 Å². The molecule has 2 aromatic rings. The molecule has 1 aromatic carbocycles. The molecule has 0 aliphatic carbocycles. The molecule has 6 heteroatoms. The Kier molecular flexibility index (Phi) is 5.27. The van der Waals surface area contributed by atoms with E-state index in [1.807, 2.05) is 0 Å². The summed E-state index contributed by atoms with van der Waals surface area (Å²) in [4.78, 5) is 8.93. The van der Waals surface area contributed by atoms with Crippen LogP contribution in [-0.4, -0.2) is 22.2 Å². The van der Waals surface area contributed by atoms with E-state index in [2.05, 4.69) is 46.4 Å². The van der Waals surface area contributed by atoms with Gasteiger partial charge in [-0.1, -0.05) is 25.4 Å². The molecule has 0 bridgehead atoms. The summed E-state index contributed by atoms with van der Waals surface area (Å²) in [5.74, 6) is 1.48. The molecule has 1 aromatic heterocycles. The Bertz CT molecular complexity index is 662. The fourth-order valence-electron chi connectivity index (χ4n) is 1.93. The van der Waals surface area contributed by atoms with Gasteiger partial charge in [0, 0.05) is 5.56 Å². The molecule has 0 amide bonds. The molecule has 0 atom stereocenters. The predicted octanol–water partition coefficient (Wildman–Crippen LogP) is 4.31. The largest absolute Gasteiger partial charge is 0.504 e. The van der Waals surface area contributed by atoms with Gasteiger partial charge in [-0.2, -0.15) is 0 Å². The van der Waals surface area contributed by atoms with Gasteiger partial charge in [-0.3, -0.25) is 0 Å². The summed E-state index contributed by atoms with van der Waals surface area (Å²) in [7, 11) is 1.50. The maximum Gasteiger partial charge on any atom is 0.161 e. The van der Waals surface area contributed by atoms with E-state index in [1.165, 1.54) is 7.11 Å². The summed E-state index contributed by atoms with van der Waals surface area (Å²) in [5.41, 5.74) is 1.69. The fraction of sp³-hybridized carbons (Fsp3) is 0.333. The predicted molar refractivity (Wildman–Crippen MR) is 92.0 cm³/mol. The van der Waals surface area contributed by atoms with Crippen molar-refractivity contribution in [2.45, 2.75) is 20.3 Å². The number of rotatable bonds is 4. The molecule has 0 saturated carbocycles. The molecule has 0 radical (unpaired) electrons. The molecule has 1 N–H and O–H groups in total. The van der Waals surface area contributed by atoms with Gasteiger partial charge in [0.25, 0.3) is 0 Å². The molecule has 4 nitrogen and oxygen atoms in total. The maximum absolute atomic E-state index is 9.66. The summed E-state index contributed by atoms with van der Waals surface area (Å²) in [6.07, 6.45) is 0.836. The zero-order valence-electron chi connectivity index (χ0n) is 12.0. The van der Waals surface area contributed by atoms with Crippen LogP contribution in [0.5, 0.6) is 11.5 Å². The van der Waals surface area contributed by atoms with Crippen molar-refractivity contribution in [3.8, 4) is 22.9 Å². The van der Waals surface area contributed by atoms with Crippen LogP contribution in [-0.2, 0) is 6.42 Å². The Morgan fingerprint density at radius 3 is 2.67 bits per heavy atom. The first kappa shape index (κ1) is 16.3. The van der Waals surface area contributed by atoms with Gasteiger partial charge in [0.05, 0.1) is 16.4 Å². The van der Waals surface area contributed by atoms with Gasteiger partial charge in [0.1, 0.15) is 5.15 Å². The lowest BCUT2D eigenvalue weighted by Gasteiger charge is -2.11. The summed E-state index contributed by atoms with van der Waals surface area (Å²) in [6, 6.07) is 5.01. The average molecular weight is 419 g/mol. The number of ether oxygens (including phenoxy) is 1. The summed E-state index contributed by atoms with van der Waals surface area (Å²) >= 11 is 8.39. The number of hydrogen-bond donors (Lipinski definition) is 1. The van der Waals surface area contributed by atoms with Gasteiger partial charge in [-0.15, -0.1) is 0 Å². The SMILES string of the molecule is COc1cc(-c2nc(Cl)c(I)c(CC(C)C)n2)ccc1O. The van der Waals surface area contributed by atoms with Crippen LogP contribution < -0.4 is 4.74 Å². The minimum absolute atomic E-state index is 0.0836. The Morgan fingerprint density at radius 2 is 2.05 bits per heavy atom. The van der Waals surface area contributed by atoms with Crippen molar-refractivity contribution in [1.82, 2.24) is 9.97 Å². The molecule has 0 unspecified atom stereocenters. The second-order valence-corrected chi connectivity index (χ2v) is 6.52. The van der Waals surface area contributed by atoms with Crippen LogP contribution in [0.4, 0.5) is 0 Å². The van der Waals surface area contributed by atoms with Crippen molar-refractivity contribution in [1.29, 1.82) is 0 Å². The van der Waals surface area contributed by atoms with Crippen molar-refractivity contribution < 1.29 is 9.84 Å². The molecule has 21 heavy (non-hydrogen) atoms. The highest BCUT2D eigenvalue weighted by Crippen LogP contribution is 2.31. The van der Waals surface area contributed by atoms with Crippen LogP contribution in [0.15, 0.2) is 18.2 Å². The first-order valence-corrected chi connectivity index (χ1v) is 7.97. The molecule has 0 saturated heterocycles. The molecule has 0 fully saturated rings. The van der Waals surface area contributed by atoms with Gasteiger partial charge >= 0.3 is 0 Å². The number of phenolic OH excluding ortho intramolecular Hbond substituents is 1. The standard InChI is InChI=1S/C15H16ClIN2O2/c1-8(2)6-10-13(17)14(16)19-15(18-10)9-4-5-11(20)12(7-9)21-3/h4-5,7-8,20H,6H2,1-3H3. The minimum atomic E-state index is 0.0836. The van der Waals surface area contributed by atoms with Gasteiger partial charge in [0.15, 0.2) is 17.3 Å². The van der Waals surface area contributed by atoms with Gasteiger partial charge in [-0.25, -0.2) is 9.97 Å². The third kappa shape index (κ3) is 3.77. The summed E-state index contributed by atoms with van der Waals surface area (Å²) < 4.78 is 6.00. The fourth-order valence-corrected chi connectivity index (χ4v) is 2.58. The van der Waals surface area contributed by atoms with Gasteiger partial charge in [-0.05, 0) is 53.1 Å². The molecular formula is C15H16ClIN2O2. The Morgan fingerprint density at radius 1 is 1.33 bits per heavy atom. The molecular weight excluding hydrogens is 403 g/mol. The van der Waals surface area contributed by atoms with Crippen molar-refractivity contribution in [3.05, 3.63) is 32.6 Å². The van der Waals surface area contributed by atoms with Crippen molar-refractivity contribution in [2.24, 2.45) is 5.92 Å². The highest BCUT2D eigenvalue weighted by atomic mass is 127. The van der Waals surface area contributed by atoms with Crippen molar-refractivity contribution >= 4 is 34.2 Å². The van der Waals surface area contributed by atoms with Crippen LogP contribution in [0.2, 0.25) is 5.15 Å². The minimum Gasteiger partial charge on any atom is -0.504 e.